The first kappa shape index (κ1) is 10.7. The number of ether oxygens (including phenoxy) is 1. The molecule has 3 heteroatoms. The van der Waals surface area contributed by atoms with Crippen LogP contribution in [0.1, 0.15) is 16.6 Å². The van der Waals surface area contributed by atoms with Gasteiger partial charge in [0.25, 0.3) is 0 Å². The van der Waals surface area contributed by atoms with Crippen LogP contribution >= 0.6 is 11.8 Å². The molecule has 0 amide bonds. The Morgan fingerprint density at radius 1 is 1.06 bits per heavy atom. The average Bonchev–Trinajstić information content (AvgIpc) is 2.39. The van der Waals surface area contributed by atoms with Gasteiger partial charge in [-0.05, 0) is 29.3 Å². The van der Waals surface area contributed by atoms with E-state index in [4.69, 9.17) is 4.74 Å². The number of hydrogen-bond donors (Lipinski definition) is 1. The van der Waals surface area contributed by atoms with Gasteiger partial charge in [-0.3, -0.25) is 0 Å². The van der Waals surface area contributed by atoms with Crippen molar-refractivity contribution in [2.75, 3.05) is 0 Å². The highest BCUT2D eigenvalue weighted by Crippen LogP contribution is 2.42. The highest BCUT2D eigenvalue weighted by molar-refractivity contribution is 7.99. The fraction of sp³-hybridized carbons (Fsp3) is 0.143. The molecular weight excluding hydrogens is 232 g/mol. The van der Waals surface area contributed by atoms with Crippen molar-refractivity contribution in [1.82, 2.24) is 0 Å². The van der Waals surface area contributed by atoms with Crippen molar-refractivity contribution in [3.05, 3.63) is 59.7 Å². The van der Waals surface area contributed by atoms with Crippen LogP contribution in [0.4, 0.5) is 0 Å². The summed E-state index contributed by atoms with van der Waals surface area (Å²) in [5, 5.41) is 9.27. The number of aromatic hydroxyl groups is 1. The van der Waals surface area contributed by atoms with Crippen LogP contribution in [0.2, 0.25) is 0 Å². The second kappa shape index (κ2) is 4.43. The summed E-state index contributed by atoms with van der Waals surface area (Å²) in [5.41, 5.74) is 2.35. The topological polar surface area (TPSA) is 29.5 Å². The standard InChI is InChI=1S/C14H12O2S/c15-12-7-5-10(6-8-12)14-16-9-11-3-1-2-4-13(11)17-14/h1-8,14-15H,9H2. The van der Waals surface area contributed by atoms with Crippen molar-refractivity contribution in [3.63, 3.8) is 0 Å². The lowest BCUT2D eigenvalue weighted by molar-refractivity contribution is 0.0926. The third kappa shape index (κ3) is 2.16. The predicted octanol–water partition coefficient (Wildman–Crippen LogP) is 3.71. The van der Waals surface area contributed by atoms with E-state index in [0.29, 0.717) is 6.61 Å². The van der Waals surface area contributed by atoms with Crippen molar-refractivity contribution in [1.29, 1.82) is 0 Å². The van der Waals surface area contributed by atoms with Crippen LogP contribution in [0.25, 0.3) is 0 Å². The molecular formula is C14H12O2S. The zero-order valence-corrected chi connectivity index (χ0v) is 9.98. The lowest BCUT2D eigenvalue weighted by Gasteiger charge is -2.24. The van der Waals surface area contributed by atoms with Crippen molar-refractivity contribution < 1.29 is 9.84 Å². The zero-order chi connectivity index (χ0) is 11.7. The van der Waals surface area contributed by atoms with Crippen LogP contribution in [-0.2, 0) is 11.3 Å². The summed E-state index contributed by atoms with van der Waals surface area (Å²) in [6, 6.07) is 15.5. The van der Waals surface area contributed by atoms with Crippen molar-refractivity contribution in [3.8, 4) is 5.75 Å². The fourth-order valence-corrected chi connectivity index (χ4v) is 2.94. The van der Waals surface area contributed by atoms with Crippen LogP contribution in [0.3, 0.4) is 0 Å². The zero-order valence-electron chi connectivity index (χ0n) is 9.17. The average molecular weight is 244 g/mol. The van der Waals surface area contributed by atoms with Gasteiger partial charge >= 0.3 is 0 Å². The van der Waals surface area contributed by atoms with Crippen molar-refractivity contribution >= 4 is 11.8 Å². The van der Waals surface area contributed by atoms with Gasteiger partial charge in [-0.2, -0.15) is 0 Å². The smallest absolute Gasteiger partial charge is 0.133 e. The van der Waals surface area contributed by atoms with E-state index >= 15 is 0 Å². The van der Waals surface area contributed by atoms with Crippen LogP contribution in [0.15, 0.2) is 53.4 Å². The molecule has 86 valence electrons. The molecule has 1 heterocycles. The maximum absolute atomic E-state index is 9.27. The molecule has 0 saturated carbocycles. The van der Waals surface area contributed by atoms with Crippen LogP contribution in [-0.4, -0.2) is 5.11 Å². The Labute approximate surface area is 104 Å². The molecule has 3 rings (SSSR count). The van der Waals surface area contributed by atoms with E-state index in [2.05, 4.69) is 12.1 Å². The maximum Gasteiger partial charge on any atom is 0.133 e. The Morgan fingerprint density at radius 3 is 2.65 bits per heavy atom. The number of rotatable bonds is 1. The summed E-state index contributed by atoms with van der Waals surface area (Å²) in [6.07, 6.45) is 0. The van der Waals surface area contributed by atoms with E-state index in [9.17, 15) is 5.11 Å². The minimum atomic E-state index is 0.0190. The molecule has 2 aromatic carbocycles. The highest BCUT2D eigenvalue weighted by atomic mass is 32.2. The summed E-state index contributed by atoms with van der Waals surface area (Å²) >= 11 is 1.71. The largest absolute Gasteiger partial charge is 0.508 e. The van der Waals surface area contributed by atoms with Crippen molar-refractivity contribution in [2.24, 2.45) is 0 Å². The molecule has 0 saturated heterocycles. The molecule has 1 atom stereocenters. The third-order valence-corrected chi connectivity index (χ3v) is 4.04. The molecule has 0 aromatic heterocycles. The van der Waals surface area contributed by atoms with E-state index in [0.717, 1.165) is 5.56 Å². The fourth-order valence-electron chi connectivity index (χ4n) is 1.85. The van der Waals surface area contributed by atoms with Crippen LogP contribution in [0.5, 0.6) is 5.75 Å². The van der Waals surface area contributed by atoms with Gasteiger partial charge < -0.3 is 9.84 Å². The Balaban J connectivity index is 1.86. The maximum atomic E-state index is 9.27. The minimum absolute atomic E-state index is 0.0190. The Morgan fingerprint density at radius 2 is 1.82 bits per heavy atom. The van der Waals surface area contributed by atoms with Gasteiger partial charge in [-0.1, -0.05) is 42.1 Å². The number of benzene rings is 2. The van der Waals surface area contributed by atoms with Crippen LogP contribution < -0.4 is 0 Å². The van der Waals surface area contributed by atoms with E-state index < -0.39 is 0 Å². The number of phenols is 1. The Kier molecular flexibility index (Phi) is 2.79. The first-order chi connectivity index (χ1) is 8.33. The summed E-state index contributed by atoms with van der Waals surface area (Å²) < 4.78 is 5.81. The van der Waals surface area contributed by atoms with E-state index in [1.807, 2.05) is 24.3 Å². The van der Waals surface area contributed by atoms with Gasteiger partial charge in [-0.15, -0.1) is 0 Å². The SMILES string of the molecule is Oc1ccc(C2OCc3ccccc3S2)cc1. The first-order valence-corrected chi connectivity index (χ1v) is 6.36. The normalized spacial score (nSPS) is 18.7. The summed E-state index contributed by atoms with van der Waals surface area (Å²) in [6.45, 7) is 0.648. The Bertz CT molecular complexity index is 522. The molecule has 0 bridgehead atoms. The first-order valence-electron chi connectivity index (χ1n) is 5.48. The molecule has 17 heavy (non-hydrogen) atoms. The van der Waals surface area contributed by atoms with Gasteiger partial charge in [-0.25, -0.2) is 0 Å². The Hall–Kier alpha value is -1.45. The number of hydrogen-bond acceptors (Lipinski definition) is 3. The van der Waals surface area contributed by atoms with Crippen molar-refractivity contribution in [2.45, 2.75) is 16.9 Å². The number of phenolic OH excluding ortho intramolecular Hbond substituents is 1. The van der Waals surface area contributed by atoms with Gasteiger partial charge in [0.1, 0.15) is 11.2 Å². The van der Waals surface area contributed by atoms with E-state index in [1.54, 1.807) is 23.9 Å². The van der Waals surface area contributed by atoms with Gasteiger partial charge in [0, 0.05) is 4.90 Å². The van der Waals surface area contributed by atoms with Gasteiger partial charge in [0.05, 0.1) is 6.61 Å². The molecule has 2 aromatic rings. The number of fused-ring (bicyclic) bond motifs is 1. The second-order valence-corrected chi connectivity index (χ2v) is 5.06. The quantitative estimate of drug-likeness (QED) is 0.829. The van der Waals surface area contributed by atoms with E-state index in [-0.39, 0.29) is 11.2 Å². The molecule has 1 aliphatic heterocycles. The van der Waals surface area contributed by atoms with Gasteiger partial charge in [0.15, 0.2) is 0 Å². The number of thioether (sulfide) groups is 1. The second-order valence-electron chi connectivity index (χ2n) is 3.96. The molecule has 2 nitrogen and oxygen atoms in total. The monoisotopic (exact) mass is 244 g/mol. The molecule has 1 unspecified atom stereocenters. The summed E-state index contributed by atoms with van der Waals surface area (Å²) in [4.78, 5) is 1.27. The predicted molar refractivity (Wildman–Crippen MR) is 67.9 cm³/mol. The molecule has 1 aliphatic rings. The summed E-state index contributed by atoms with van der Waals surface area (Å²) in [5.74, 6) is 0.287. The molecule has 0 spiro atoms. The molecule has 1 N–H and O–H groups in total. The van der Waals surface area contributed by atoms with Crippen LogP contribution in [0, 0.1) is 0 Å². The van der Waals surface area contributed by atoms with Gasteiger partial charge in [0.2, 0.25) is 0 Å². The van der Waals surface area contributed by atoms with E-state index in [1.165, 1.54) is 10.5 Å². The minimum Gasteiger partial charge on any atom is -0.508 e. The molecule has 0 aliphatic carbocycles. The summed E-state index contributed by atoms with van der Waals surface area (Å²) in [7, 11) is 0. The lowest BCUT2D eigenvalue weighted by atomic mass is 10.2. The lowest BCUT2D eigenvalue weighted by Crippen LogP contribution is -2.07. The highest BCUT2D eigenvalue weighted by Gasteiger charge is 2.20. The molecule has 0 radical (unpaired) electrons. The third-order valence-electron chi connectivity index (χ3n) is 2.76. The molecule has 0 fully saturated rings.